The molecule has 1 aliphatic carbocycles. The topological polar surface area (TPSA) is 38.8 Å². The molecule has 3 rings (SSSR count). The molecular weight excluding hydrogens is 266 g/mol. The van der Waals surface area contributed by atoms with Crippen molar-refractivity contribution in [1.29, 1.82) is 0 Å². The number of rotatable bonds is 3. The number of nitrogens with zero attached hydrogens (tertiary/aromatic N) is 1. The van der Waals surface area contributed by atoms with Gasteiger partial charge in [0.1, 0.15) is 5.78 Å². The second kappa shape index (κ2) is 5.10. The van der Waals surface area contributed by atoms with Gasteiger partial charge in [-0.3, -0.25) is 4.79 Å². The summed E-state index contributed by atoms with van der Waals surface area (Å²) in [4.78, 5) is 14.0. The number of ether oxygens (including phenoxy) is 2. The molecule has 2 aliphatic rings. The van der Waals surface area contributed by atoms with E-state index in [1.54, 1.807) is 14.2 Å². The summed E-state index contributed by atoms with van der Waals surface area (Å²) in [5.41, 5.74) is 1.10. The molecule has 1 aromatic carbocycles. The van der Waals surface area contributed by atoms with Crippen molar-refractivity contribution in [3.8, 4) is 11.5 Å². The Hall–Kier alpha value is -1.97. The Kier molecular flexibility index (Phi) is 3.40. The maximum absolute atomic E-state index is 11.8. The molecule has 21 heavy (non-hydrogen) atoms. The van der Waals surface area contributed by atoms with Crippen molar-refractivity contribution < 1.29 is 14.3 Å². The maximum Gasteiger partial charge on any atom is 0.161 e. The third-order valence-electron chi connectivity index (χ3n) is 4.85. The van der Waals surface area contributed by atoms with E-state index in [-0.39, 0.29) is 11.5 Å². The Bertz CT molecular complexity index is 596. The lowest BCUT2D eigenvalue weighted by molar-refractivity contribution is -0.122. The molecule has 1 heterocycles. The SMILES string of the molecule is COc1ccc(C23C=CN(C)C2CC(=O)CC3)cc1OC. The van der Waals surface area contributed by atoms with E-state index in [1.165, 1.54) is 5.56 Å². The highest BCUT2D eigenvalue weighted by Crippen LogP contribution is 2.47. The fraction of sp³-hybridized carbons (Fsp3) is 0.471. The molecule has 0 saturated heterocycles. The van der Waals surface area contributed by atoms with E-state index in [0.717, 1.165) is 17.9 Å². The van der Waals surface area contributed by atoms with Crippen molar-refractivity contribution in [1.82, 2.24) is 4.90 Å². The summed E-state index contributed by atoms with van der Waals surface area (Å²) in [6.07, 6.45) is 6.44. The summed E-state index contributed by atoms with van der Waals surface area (Å²) >= 11 is 0. The van der Waals surface area contributed by atoms with E-state index < -0.39 is 0 Å². The van der Waals surface area contributed by atoms with Crippen LogP contribution < -0.4 is 9.47 Å². The van der Waals surface area contributed by atoms with E-state index in [2.05, 4.69) is 23.2 Å². The van der Waals surface area contributed by atoms with E-state index in [9.17, 15) is 4.79 Å². The first-order valence-electron chi connectivity index (χ1n) is 7.26. The number of hydrogen-bond acceptors (Lipinski definition) is 4. The molecule has 0 spiro atoms. The predicted molar refractivity (Wildman–Crippen MR) is 80.8 cm³/mol. The number of fused-ring (bicyclic) bond motifs is 1. The molecule has 0 radical (unpaired) electrons. The number of likely N-dealkylation sites (N-methyl/N-ethyl adjacent to an activating group) is 1. The second-order valence-electron chi connectivity index (χ2n) is 5.85. The molecule has 0 amide bonds. The number of carbonyl (C=O) groups is 1. The van der Waals surface area contributed by atoms with Crippen LogP contribution >= 0.6 is 0 Å². The fourth-order valence-corrected chi connectivity index (χ4v) is 3.63. The van der Waals surface area contributed by atoms with Crippen LogP contribution in [0.25, 0.3) is 0 Å². The zero-order valence-corrected chi connectivity index (χ0v) is 12.8. The van der Waals surface area contributed by atoms with Gasteiger partial charge in [-0.05, 0) is 30.3 Å². The molecule has 0 N–H and O–H groups in total. The van der Waals surface area contributed by atoms with Gasteiger partial charge >= 0.3 is 0 Å². The van der Waals surface area contributed by atoms with Gasteiger partial charge in [-0.25, -0.2) is 0 Å². The smallest absolute Gasteiger partial charge is 0.161 e. The zero-order valence-electron chi connectivity index (χ0n) is 12.8. The van der Waals surface area contributed by atoms with Crippen LogP contribution in [0.2, 0.25) is 0 Å². The predicted octanol–water partition coefficient (Wildman–Crippen LogP) is 2.52. The molecule has 1 aromatic rings. The minimum Gasteiger partial charge on any atom is -0.493 e. The molecular formula is C17H21NO3. The average Bonchev–Trinajstić information content (AvgIpc) is 2.85. The van der Waals surface area contributed by atoms with Crippen LogP contribution in [0.15, 0.2) is 30.5 Å². The average molecular weight is 287 g/mol. The van der Waals surface area contributed by atoms with E-state index in [4.69, 9.17) is 9.47 Å². The molecule has 2 unspecified atom stereocenters. The number of hydrogen-bond donors (Lipinski definition) is 0. The molecule has 2 atom stereocenters. The van der Waals surface area contributed by atoms with Gasteiger partial charge in [-0.2, -0.15) is 0 Å². The van der Waals surface area contributed by atoms with Gasteiger partial charge in [0.05, 0.1) is 14.2 Å². The van der Waals surface area contributed by atoms with Gasteiger partial charge in [0, 0.05) is 31.3 Å². The van der Waals surface area contributed by atoms with Gasteiger partial charge in [0.15, 0.2) is 11.5 Å². The highest BCUT2D eigenvalue weighted by molar-refractivity contribution is 5.81. The van der Waals surface area contributed by atoms with Crippen LogP contribution in [0.1, 0.15) is 24.8 Å². The summed E-state index contributed by atoms with van der Waals surface area (Å²) in [6, 6.07) is 6.29. The molecule has 0 aromatic heterocycles. The summed E-state index contributed by atoms with van der Waals surface area (Å²) in [7, 11) is 5.33. The second-order valence-corrected chi connectivity index (χ2v) is 5.85. The lowest BCUT2D eigenvalue weighted by Gasteiger charge is -2.41. The van der Waals surface area contributed by atoms with Crippen molar-refractivity contribution in [2.24, 2.45) is 0 Å². The Morgan fingerprint density at radius 1 is 1.24 bits per heavy atom. The Balaban J connectivity index is 2.05. The third-order valence-corrected chi connectivity index (χ3v) is 4.85. The van der Waals surface area contributed by atoms with Crippen molar-refractivity contribution in [3.05, 3.63) is 36.0 Å². The quantitative estimate of drug-likeness (QED) is 0.856. The lowest BCUT2D eigenvalue weighted by atomic mass is 9.67. The number of carbonyl (C=O) groups excluding carboxylic acids is 1. The third kappa shape index (κ3) is 2.09. The molecule has 112 valence electrons. The summed E-state index contributed by atoms with van der Waals surface area (Å²) in [5.74, 6) is 1.83. The number of benzene rings is 1. The van der Waals surface area contributed by atoms with E-state index >= 15 is 0 Å². The van der Waals surface area contributed by atoms with Crippen LogP contribution in [-0.4, -0.2) is 38.0 Å². The van der Waals surface area contributed by atoms with Gasteiger partial charge < -0.3 is 14.4 Å². The normalized spacial score (nSPS) is 27.7. The molecule has 0 bridgehead atoms. The lowest BCUT2D eigenvalue weighted by Crippen LogP contribution is -2.46. The van der Waals surface area contributed by atoms with Crippen LogP contribution in [-0.2, 0) is 10.2 Å². The standard InChI is InChI=1S/C17H21NO3/c1-18-9-8-17(7-6-13(19)11-16(17)18)12-4-5-14(20-2)15(10-12)21-3/h4-5,8-10,16H,6-7,11H2,1-3H3. The van der Waals surface area contributed by atoms with Gasteiger partial charge in [0.2, 0.25) is 0 Å². The summed E-state index contributed by atoms with van der Waals surface area (Å²) in [6.45, 7) is 0. The van der Waals surface area contributed by atoms with Crippen LogP contribution in [0, 0.1) is 0 Å². The largest absolute Gasteiger partial charge is 0.493 e. The van der Waals surface area contributed by atoms with Crippen LogP contribution in [0.4, 0.5) is 0 Å². The van der Waals surface area contributed by atoms with E-state index in [1.807, 2.05) is 19.2 Å². The minimum absolute atomic E-state index is 0.0950. The minimum atomic E-state index is -0.0950. The molecule has 1 fully saturated rings. The van der Waals surface area contributed by atoms with Crippen molar-refractivity contribution in [2.45, 2.75) is 30.7 Å². The van der Waals surface area contributed by atoms with Crippen molar-refractivity contribution >= 4 is 5.78 Å². The Labute approximate surface area is 125 Å². The summed E-state index contributed by atoms with van der Waals surface area (Å²) < 4.78 is 10.7. The number of Topliss-reactive ketones (excluding diaryl/α,β-unsaturated/α-hetero) is 1. The molecule has 1 saturated carbocycles. The zero-order chi connectivity index (χ0) is 15.0. The Morgan fingerprint density at radius 3 is 2.71 bits per heavy atom. The number of methoxy groups -OCH3 is 2. The van der Waals surface area contributed by atoms with Gasteiger partial charge in [-0.15, -0.1) is 0 Å². The molecule has 1 aliphatic heterocycles. The van der Waals surface area contributed by atoms with Gasteiger partial charge in [0.25, 0.3) is 0 Å². The highest BCUT2D eigenvalue weighted by Gasteiger charge is 2.47. The van der Waals surface area contributed by atoms with Crippen molar-refractivity contribution in [2.75, 3.05) is 21.3 Å². The van der Waals surface area contributed by atoms with Crippen molar-refractivity contribution in [3.63, 3.8) is 0 Å². The van der Waals surface area contributed by atoms with Crippen LogP contribution in [0.5, 0.6) is 11.5 Å². The molecule has 4 heteroatoms. The molecule has 4 nitrogen and oxygen atoms in total. The highest BCUT2D eigenvalue weighted by atomic mass is 16.5. The first kappa shape index (κ1) is 14.0. The monoisotopic (exact) mass is 287 g/mol. The van der Waals surface area contributed by atoms with Crippen LogP contribution in [0.3, 0.4) is 0 Å². The first-order chi connectivity index (χ1) is 10.1. The van der Waals surface area contributed by atoms with E-state index in [0.29, 0.717) is 18.6 Å². The summed E-state index contributed by atoms with van der Waals surface area (Å²) in [5, 5.41) is 0. The number of ketones is 1. The fourth-order valence-electron chi connectivity index (χ4n) is 3.63. The first-order valence-corrected chi connectivity index (χ1v) is 7.26. The van der Waals surface area contributed by atoms with Gasteiger partial charge in [-0.1, -0.05) is 12.1 Å². The Morgan fingerprint density at radius 2 is 2.00 bits per heavy atom. The maximum atomic E-state index is 11.8.